The third-order valence-electron chi connectivity index (χ3n) is 5.22. The molecule has 0 unspecified atom stereocenters. The van der Waals surface area contributed by atoms with Gasteiger partial charge in [-0.05, 0) is 56.6 Å². The molecule has 1 aromatic carbocycles. The van der Waals surface area contributed by atoms with E-state index < -0.39 is 0 Å². The van der Waals surface area contributed by atoms with Crippen LogP contribution in [0.25, 0.3) is 17.0 Å². The number of rotatable bonds is 5. The molecule has 1 aliphatic rings. The normalized spacial score (nSPS) is 14.8. The fraction of sp³-hybridized carbons (Fsp3) is 0.273. The lowest BCUT2D eigenvalue weighted by Crippen LogP contribution is -2.18. The smallest absolute Gasteiger partial charge is 0.103 e. The molecule has 2 N–H and O–H groups in total. The molecule has 3 heterocycles. The van der Waals surface area contributed by atoms with Gasteiger partial charge in [-0.25, -0.2) is 0 Å². The number of hydrogen-bond donors (Lipinski definition) is 2. The summed E-state index contributed by atoms with van der Waals surface area (Å²) < 4.78 is 0. The number of benzene rings is 1. The molecule has 1 aliphatic heterocycles. The van der Waals surface area contributed by atoms with Crippen molar-refractivity contribution >= 4 is 28.4 Å². The zero-order valence-electron chi connectivity index (χ0n) is 15.5. The van der Waals surface area contributed by atoms with Crippen molar-refractivity contribution in [1.29, 1.82) is 5.26 Å². The molecule has 0 atom stereocenters. The zero-order valence-corrected chi connectivity index (χ0v) is 15.5. The predicted octanol–water partition coefficient (Wildman–Crippen LogP) is 4.60. The van der Waals surface area contributed by atoms with Crippen molar-refractivity contribution in [2.24, 2.45) is 0 Å². The summed E-state index contributed by atoms with van der Waals surface area (Å²) in [5, 5.41) is 14.2. The number of aryl methyl sites for hydroxylation is 1. The van der Waals surface area contributed by atoms with E-state index in [-0.39, 0.29) is 0 Å². The van der Waals surface area contributed by atoms with Crippen molar-refractivity contribution in [2.75, 3.05) is 25.0 Å². The standard InChI is InChI=1S/C22H23N5/c1-16-19-8-9-25-21(19)7-6-20(16)26-22-17(14-24-15-18(22)13-23)5-4-12-27-10-2-3-11-27/h4-9,14-15,25H,2-3,10-12H2,1H3,(H,24,26)/b5-4+. The van der Waals surface area contributed by atoms with Crippen LogP contribution in [0.2, 0.25) is 0 Å². The number of pyridine rings is 1. The first-order valence-electron chi connectivity index (χ1n) is 9.37. The van der Waals surface area contributed by atoms with E-state index in [0.29, 0.717) is 5.56 Å². The van der Waals surface area contributed by atoms with E-state index >= 15 is 0 Å². The first-order valence-corrected chi connectivity index (χ1v) is 9.37. The average Bonchev–Trinajstić information content (AvgIpc) is 3.37. The number of aromatic amines is 1. The van der Waals surface area contributed by atoms with Crippen LogP contribution in [0, 0.1) is 18.3 Å². The molecule has 5 nitrogen and oxygen atoms in total. The van der Waals surface area contributed by atoms with Gasteiger partial charge in [0.1, 0.15) is 6.07 Å². The van der Waals surface area contributed by atoms with Gasteiger partial charge in [0.25, 0.3) is 0 Å². The number of fused-ring (bicyclic) bond motifs is 1. The molecule has 0 bridgehead atoms. The summed E-state index contributed by atoms with van der Waals surface area (Å²) >= 11 is 0. The maximum Gasteiger partial charge on any atom is 0.103 e. The van der Waals surface area contributed by atoms with Crippen molar-refractivity contribution in [3.63, 3.8) is 0 Å². The SMILES string of the molecule is Cc1c(Nc2c(C#N)cncc2/C=C/CN2CCCC2)ccc2[nH]ccc12. The Morgan fingerprint density at radius 1 is 1.26 bits per heavy atom. The molecule has 0 spiro atoms. The number of aromatic nitrogens is 2. The summed E-state index contributed by atoms with van der Waals surface area (Å²) in [5.41, 5.74) is 5.55. The van der Waals surface area contributed by atoms with Gasteiger partial charge in [-0.15, -0.1) is 0 Å². The molecule has 5 heteroatoms. The second-order valence-corrected chi connectivity index (χ2v) is 6.98. The second-order valence-electron chi connectivity index (χ2n) is 6.98. The van der Waals surface area contributed by atoms with Crippen LogP contribution in [-0.4, -0.2) is 34.5 Å². The summed E-state index contributed by atoms with van der Waals surface area (Å²) in [7, 11) is 0. The molecule has 136 valence electrons. The molecule has 27 heavy (non-hydrogen) atoms. The number of nitriles is 1. The third-order valence-corrected chi connectivity index (χ3v) is 5.22. The quantitative estimate of drug-likeness (QED) is 0.700. The molecule has 1 fully saturated rings. The van der Waals surface area contributed by atoms with Gasteiger partial charge in [0.2, 0.25) is 0 Å². The molecule has 0 radical (unpaired) electrons. The number of anilines is 2. The first-order chi connectivity index (χ1) is 13.3. The summed E-state index contributed by atoms with van der Waals surface area (Å²) in [6.45, 7) is 5.36. The minimum absolute atomic E-state index is 0.548. The summed E-state index contributed by atoms with van der Waals surface area (Å²) in [5.74, 6) is 0. The summed E-state index contributed by atoms with van der Waals surface area (Å²) in [4.78, 5) is 9.91. The number of hydrogen-bond acceptors (Lipinski definition) is 4. The highest BCUT2D eigenvalue weighted by molar-refractivity contribution is 5.89. The van der Waals surface area contributed by atoms with E-state index in [0.717, 1.165) is 34.6 Å². The number of H-pyrrole nitrogens is 1. The number of nitrogens with zero attached hydrogens (tertiary/aromatic N) is 3. The lowest BCUT2D eigenvalue weighted by atomic mass is 10.1. The van der Waals surface area contributed by atoms with Crippen molar-refractivity contribution in [1.82, 2.24) is 14.9 Å². The Morgan fingerprint density at radius 3 is 2.93 bits per heavy atom. The van der Waals surface area contributed by atoms with Gasteiger partial charge < -0.3 is 10.3 Å². The van der Waals surface area contributed by atoms with Gasteiger partial charge in [0, 0.05) is 47.3 Å². The van der Waals surface area contributed by atoms with Crippen LogP contribution in [0.1, 0.15) is 29.5 Å². The van der Waals surface area contributed by atoms with Crippen LogP contribution in [0.3, 0.4) is 0 Å². The molecule has 0 saturated carbocycles. The lowest BCUT2D eigenvalue weighted by Gasteiger charge is -2.15. The van der Waals surface area contributed by atoms with E-state index in [9.17, 15) is 5.26 Å². The second kappa shape index (κ2) is 7.65. The van der Waals surface area contributed by atoms with Crippen LogP contribution < -0.4 is 5.32 Å². The van der Waals surface area contributed by atoms with Crippen LogP contribution in [0.5, 0.6) is 0 Å². The Labute approximate surface area is 159 Å². The maximum absolute atomic E-state index is 9.56. The third kappa shape index (κ3) is 3.57. The molecule has 4 rings (SSSR count). The van der Waals surface area contributed by atoms with E-state index in [2.05, 4.69) is 57.5 Å². The Morgan fingerprint density at radius 2 is 2.11 bits per heavy atom. The Hall–Kier alpha value is -3.10. The van der Waals surface area contributed by atoms with Gasteiger partial charge in [-0.1, -0.05) is 12.2 Å². The predicted molar refractivity (Wildman–Crippen MR) is 110 cm³/mol. The highest BCUT2D eigenvalue weighted by Crippen LogP contribution is 2.30. The lowest BCUT2D eigenvalue weighted by molar-refractivity contribution is 0.378. The molecule has 3 aromatic rings. The molecular formula is C22H23N5. The van der Waals surface area contributed by atoms with Gasteiger partial charge in [0.05, 0.1) is 11.3 Å². The van der Waals surface area contributed by atoms with Crippen LogP contribution in [0.4, 0.5) is 11.4 Å². The van der Waals surface area contributed by atoms with Crippen LogP contribution in [0.15, 0.2) is 42.9 Å². The van der Waals surface area contributed by atoms with Gasteiger partial charge in [-0.2, -0.15) is 5.26 Å². The fourth-order valence-electron chi connectivity index (χ4n) is 3.68. The number of likely N-dealkylation sites (tertiary alicyclic amines) is 1. The Bertz CT molecular complexity index is 1020. The van der Waals surface area contributed by atoms with Crippen LogP contribution in [-0.2, 0) is 0 Å². The summed E-state index contributed by atoms with van der Waals surface area (Å²) in [6.07, 6.45) is 12.2. The molecule has 0 aliphatic carbocycles. The monoisotopic (exact) mass is 357 g/mol. The highest BCUT2D eigenvalue weighted by atomic mass is 15.1. The maximum atomic E-state index is 9.56. The minimum Gasteiger partial charge on any atom is -0.361 e. The largest absolute Gasteiger partial charge is 0.361 e. The summed E-state index contributed by atoms with van der Waals surface area (Å²) in [6, 6.07) is 8.44. The highest BCUT2D eigenvalue weighted by Gasteiger charge is 2.12. The van der Waals surface area contributed by atoms with E-state index in [1.165, 1.54) is 31.3 Å². The molecule has 2 aromatic heterocycles. The van der Waals surface area contributed by atoms with Crippen molar-refractivity contribution in [3.8, 4) is 6.07 Å². The van der Waals surface area contributed by atoms with E-state index in [4.69, 9.17) is 0 Å². The average molecular weight is 357 g/mol. The molecule has 1 saturated heterocycles. The zero-order chi connectivity index (χ0) is 18.6. The van der Waals surface area contributed by atoms with Crippen molar-refractivity contribution in [3.05, 3.63) is 59.6 Å². The van der Waals surface area contributed by atoms with Crippen LogP contribution >= 0.6 is 0 Å². The molecule has 0 amide bonds. The minimum atomic E-state index is 0.548. The Balaban J connectivity index is 1.64. The number of nitrogens with one attached hydrogen (secondary N) is 2. The van der Waals surface area contributed by atoms with Crippen molar-refractivity contribution < 1.29 is 0 Å². The first kappa shape index (κ1) is 17.3. The van der Waals surface area contributed by atoms with E-state index in [1.54, 1.807) is 6.20 Å². The van der Waals surface area contributed by atoms with Crippen molar-refractivity contribution in [2.45, 2.75) is 19.8 Å². The van der Waals surface area contributed by atoms with Gasteiger partial charge in [-0.3, -0.25) is 9.88 Å². The van der Waals surface area contributed by atoms with Gasteiger partial charge >= 0.3 is 0 Å². The van der Waals surface area contributed by atoms with E-state index in [1.807, 2.05) is 18.5 Å². The van der Waals surface area contributed by atoms with Gasteiger partial charge in [0.15, 0.2) is 0 Å². The molecular weight excluding hydrogens is 334 g/mol. The Kier molecular flexibility index (Phi) is 4.91. The fourth-order valence-corrected chi connectivity index (χ4v) is 3.68. The topological polar surface area (TPSA) is 67.7 Å².